The molecule has 2 heterocycles. The second kappa shape index (κ2) is 7.94. The van der Waals surface area contributed by atoms with Crippen LogP contribution in [0.5, 0.6) is 0 Å². The molecule has 0 spiro atoms. The Labute approximate surface area is 164 Å². The molecule has 0 radical (unpaired) electrons. The molecule has 1 amide bonds. The van der Waals surface area contributed by atoms with Gasteiger partial charge in [-0.15, -0.1) is 0 Å². The van der Waals surface area contributed by atoms with Gasteiger partial charge in [-0.2, -0.15) is 5.10 Å². The molecule has 1 aromatic heterocycles. The van der Waals surface area contributed by atoms with E-state index >= 15 is 0 Å². The van der Waals surface area contributed by atoms with E-state index in [2.05, 4.69) is 41.2 Å². The van der Waals surface area contributed by atoms with Gasteiger partial charge in [0.25, 0.3) is 5.91 Å². The summed E-state index contributed by atoms with van der Waals surface area (Å²) in [5.41, 5.74) is 3.77. The van der Waals surface area contributed by atoms with Crippen molar-refractivity contribution in [2.75, 3.05) is 26.2 Å². The van der Waals surface area contributed by atoms with Crippen molar-refractivity contribution in [1.82, 2.24) is 19.6 Å². The average Bonchev–Trinajstić information content (AvgIpc) is 3.20. The highest BCUT2D eigenvalue weighted by molar-refractivity contribution is 5.92. The fourth-order valence-electron chi connectivity index (χ4n) is 3.48. The summed E-state index contributed by atoms with van der Waals surface area (Å²) in [6.45, 7) is 6.11. The largest absolute Gasteiger partial charge is 0.335 e. The molecule has 3 aromatic rings. The number of hydrogen-bond acceptors (Lipinski definition) is 3. The third-order valence-electron chi connectivity index (χ3n) is 5.21. The van der Waals surface area contributed by atoms with Gasteiger partial charge in [0, 0.05) is 38.9 Å². The van der Waals surface area contributed by atoms with E-state index < -0.39 is 0 Å². The van der Waals surface area contributed by atoms with Crippen molar-refractivity contribution in [3.8, 4) is 5.69 Å². The summed E-state index contributed by atoms with van der Waals surface area (Å²) in [5, 5.41) is 4.37. The standard InChI is InChI=1S/C22H23FN4O/c1-17-4-2-3-5-18(17)16-25-12-14-26(15-13-25)22(28)21-10-11-27(24-21)20-8-6-19(23)7-9-20/h2-11H,12-16H2,1H3. The summed E-state index contributed by atoms with van der Waals surface area (Å²) in [4.78, 5) is 17.0. The summed E-state index contributed by atoms with van der Waals surface area (Å²) in [6, 6.07) is 16.2. The molecule has 0 unspecified atom stereocenters. The molecule has 0 saturated carbocycles. The van der Waals surface area contributed by atoms with Gasteiger partial charge in [-0.05, 0) is 48.4 Å². The number of piperazine rings is 1. The van der Waals surface area contributed by atoms with E-state index in [0.29, 0.717) is 18.8 Å². The van der Waals surface area contributed by atoms with E-state index in [1.54, 1.807) is 29.1 Å². The van der Waals surface area contributed by atoms with Gasteiger partial charge in [0.15, 0.2) is 5.69 Å². The summed E-state index contributed by atoms with van der Waals surface area (Å²) >= 11 is 0. The van der Waals surface area contributed by atoms with Crippen molar-refractivity contribution >= 4 is 5.91 Å². The minimum absolute atomic E-state index is 0.0589. The maximum absolute atomic E-state index is 13.1. The van der Waals surface area contributed by atoms with Crippen LogP contribution in [0.1, 0.15) is 21.6 Å². The van der Waals surface area contributed by atoms with E-state index in [1.165, 1.54) is 23.3 Å². The smallest absolute Gasteiger partial charge is 0.274 e. The van der Waals surface area contributed by atoms with Crippen LogP contribution in [-0.4, -0.2) is 51.7 Å². The third kappa shape index (κ3) is 3.97. The van der Waals surface area contributed by atoms with Gasteiger partial charge in [0.05, 0.1) is 5.69 Å². The molecule has 1 saturated heterocycles. The molecule has 1 fully saturated rings. The Morgan fingerprint density at radius 3 is 2.43 bits per heavy atom. The van der Waals surface area contributed by atoms with Crippen molar-refractivity contribution in [2.45, 2.75) is 13.5 Å². The number of rotatable bonds is 4. The number of aryl methyl sites for hydroxylation is 1. The van der Waals surface area contributed by atoms with Crippen LogP contribution in [0, 0.1) is 12.7 Å². The van der Waals surface area contributed by atoms with E-state index in [0.717, 1.165) is 25.3 Å². The molecule has 144 valence electrons. The molecule has 5 nitrogen and oxygen atoms in total. The molecule has 0 bridgehead atoms. The minimum atomic E-state index is -0.296. The normalized spacial score (nSPS) is 15.0. The van der Waals surface area contributed by atoms with Gasteiger partial charge >= 0.3 is 0 Å². The van der Waals surface area contributed by atoms with E-state index in [-0.39, 0.29) is 11.7 Å². The fourth-order valence-corrected chi connectivity index (χ4v) is 3.48. The Balaban J connectivity index is 1.36. The van der Waals surface area contributed by atoms with Crippen LogP contribution in [0.15, 0.2) is 60.8 Å². The molecule has 1 aliphatic heterocycles. The zero-order chi connectivity index (χ0) is 19.5. The van der Waals surface area contributed by atoms with Crippen LogP contribution in [0.25, 0.3) is 5.69 Å². The highest BCUT2D eigenvalue weighted by Crippen LogP contribution is 2.15. The molecule has 2 aromatic carbocycles. The number of carbonyl (C=O) groups is 1. The number of benzene rings is 2. The Bertz CT molecular complexity index is 959. The highest BCUT2D eigenvalue weighted by Gasteiger charge is 2.24. The Morgan fingerprint density at radius 1 is 1.00 bits per heavy atom. The average molecular weight is 378 g/mol. The van der Waals surface area contributed by atoms with Crippen LogP contribution in [-0.2, 0) is 6.54 Å². The van der Waals surface area contributed by atoms with E-state index in [1.807, 2.05) is 4.90 Å². The summed E-state index contributed by atoms with van der Waals surface area (Å²) < 4.78 is 14.7. The van der Waals surface area contributed by atoms with Crippen molar-refractivity contribution in [1.29, 1.82) is 0 Å². The number of carbonyl (C=O) groups excluding carboxylic acids is 1. The van der Waals surface area contributed by atoms with E-state index in [9.17, 15) is 9.18 Å². The third-order valence-corrected chi connectivity index (χ3v) is 5.21. The summed E-state index contributed by atoms with van der Waals surface area (Å²) in [6.07, 6.45) is 1.73. The molecule has 28 heavy (non-hydrogen) atoms. The number of nitrogens with zero attached hydrogens (tertiary/aromatic N) is 4. The zero-order valence-corrected chi connectivity index (χ0v) is 15.9. The second-order valence-electron chi connectivity index (χ2n) is 7.12. The van der Waals surface area contributed by atoms with Crippen LogP contribution < -0.4 is 0 Å². The maximum Gasteiger partial charge on any atom is 0.274 e. The summed E-state index contributed by atoms with van der Waals surface area (Å²) in [5.74, 6) is -0.354. The topological polar surface area (TPSA) is 41.4 Å². The minimum Gasteiger partial charge on any atom is -0.335 e. The first-order valence-electron chi connectivity index (χ1n) is 9.48. The second-order valence-corrected chi connectivity index (χ2v) is 7.12. The fraction of sp³-hybridized carbons (Fsp3) is 0.273. The van der Waals surface area contributed by atoms with Gasteiger partial charge in [0.1, 0.15) is 5.82 Å². The Hall–Kier alpha value is -2.99. The molecule has 0 aliphatic carbocycles. The van der Waals surface area contributed by atoms with Crippen LogP contribution in [0.3, 0.4) is 0 Å². The van der Waals surface area contributed by atoms with Gasteiger partial charge in [-0.25, -0.2) is 9.07 Å². The quantitative estimate of drug-likeness (QED) is 0.700. The molecule has 0 atom stereocenters. The monoisotopic (exact) mass is 378 g/mol. The molecule has 1 aliphatic rings. The molecule has 4 rings (SSSR count). The number of aromatic nitrogens is 2. The molecule has 0 N–H and O–H groups in total. The first-order chi connectivity index (χ1) is 13.6. The Kier molecular flexibility index (Phi) is 5.21. The van der Waals surface area contributed by atoms with Gasteiger partial charge < -0.3 is 4.90 Å². The highest BCUT2D eigenvalue weighted by atomic mass is 19.1. The van der Waals surface area contributed by atoms with Crippen molar-refractivity contribution < 1.29 is 9.18 Å². The van der Waals surface area contributed by atoms with Crippen molar-refractivity contribution in [2.24, 2.45) is 0 Å². The van der Waals surface area contributed by atoms with Crippen molar-refractivity contribution in [3.63, 3.8) is 0 Å². The summed E-state index contributed by atoms with van der Waals surface area (Å²) in [7, 11) is 0. The van der Waals surface area contributed by atoms with Gasteiger partial charge in [-0.3, -0.25) is 9.69 Å². The number of hydrogen-bond donors (Lipinski definition) is 0. The lowest BCUT2D eigenvalue weighted by atomic mass is 10.1. The predicted octanol–water partition coefficient (Wildman–Crippen LogP) is 3.28. The van der Waals surface area contributed by atoms with E-state index in [4.69, 9.17) is 0 Å². The zero-order valence-electron chi connectivity index (χ0n) is 15.9. The van der Waals surface area contributed by atoms with Gasteiger partial charge in [0.2, 0.25) is 0 Å². The number of amides is 1. The van der Waals surface area contributed by atoms with Gasteiger partial charge in [-0.1, -0.05) is 24.3 Å². The first-order valence-corrected chi connectivity index (χ1v) is 9.48. The SMILES string of the molecule is Cc1ccccc1CN1CCN(C(=O)c2ccn(-c3ccc(F)cc3)n2)CC1. The van der Waals surface area contributed by atoms with Crippen molar-refractivity contribution in [3.05, 3.63) is 83.4 Å². The lowest BCUT2D eigenvalue weighted by Gasteiger charge is -2.34. The lowest BCUT2D eigenvalue weighted by molar-refractivity contribution is 0.0622. The number of halogens is 1. The first kappa shape index (κ1) is 18.4. The predicted molar refractivity (Wildman–Crippen MR) is 106 cm³/mol. The van der Waals surface area contributed by atoms with Crippen LogP contribution in [0.4, 0.5) is 4.39 Å². The lowest BCUT2D eigenvalue weighted by Crippen LogP contribution is -2.48. The maximum atomic E-state index is 13.1. The molecular formula is C22H23FN4O. The Morgan fingerprint density at radius 2 is 1.71 bits per heavy atom. The molecule has 6 heteroatoms. The molecular weight excluding hydrogens is 355 g/mol. The van der Waals surface area contributed by atoms with Crippen LogP contribution >= 0.6 is 0 Å². The van der Waals surface area contributed by atoms with Crippen LogP contribution in [0.2, 0.25) is 0 Å².